The molecule has 0 aliphatic carbocycles. The van der Waals surface area contributed by atoms with E-state index >= 15 is 0 Å². The molecular weight excluding hydrogens is 250 g/mol. The van der Waals surface area contributed by atoms with Crippen molar-refractivity contribution in [2.75, 3.05) is 19.7 Å². The van der Waals surface area contributed by atoms with Crippen LogP contribution in [-0.4, -0.2) is 40.9 Å². The van der Waals surface area contributed by atoms with Gasteiger partial charge in [0.25, 0.3) is 0 Å². The van der Waals surface area contributed by atoms with Crippen LogP contribution >= 0.6 is 0 Å². The minimum Gasteiger partial charge on any atom is -0.396 e. The van der Waals surface area contributed by atoms with Crippen molar-refractivity contribution in [3.8, 4) is 0 Å². The van der Waals surface area contributed by atoms with Gasteiger partial charge >= 0.3 is 0 Å². The third kappa shape index (κ3) is 4.05. The molecule has 1 saturated heterocycles. The molecule has 1 aliphatic rings. The first-order valence-electron chi connectivity index (χ1n) is 7.86. The molecule has 3 heteroatoms. The summed E-state index contributed by atoms with van der Waals surface area (Å²) in [7, 11) is 0. The maximum atomic E-state index is 10.4. The zero-order valence-electron chi connectivity index (χ0n) is 12.5. The van der Waals surface area contributed by atoms with E-state index in [9.17, 15) is 5.11 Å². The van der Waals surface area contributed by atoms with E-state index in [2.05, 4.69) is 24.0 Å². The SMILES string of the molecule is CCc1ccc(C(O)CN2CCCCC2CCO)cc1. The fourth-order valence-electron chi connectivity index (χ4n) is 3.08. The Kier molecular flexibility index (Phi) is 6.02. The minimum absolute atomic E-state index is 0.239. The second kappa shape index (κ2) is 7.77. The maximum Gasteiger partial charge on any atom is 0.0917 e. The number of aliphatic hydroxyl groups is 2. The molecule has 20 heavy (non-hydrogen) atoms. The molecule has 0 radical (unpaired) electrons. The molecular formula is C17H27NO2. The van der Waals surface area contributed by atoms with Gasteiger partial charge in [-0.15, -0.1) is 0 Å². The van der Waals surface area contributed by atoms with E-state index < -0.39 is 6.10 Å². The number of β-amino-alcohol motifs (C(OH)–C–C–N with tert-alkyl or cyclic N) is 1. The van der Waals surface area contributed by atoms with Gasteiger partial charge in [0.1, 0.15) is 0 Å². The minimum atomic E-state index is -0.430. The van der Waals surface area contributed by atoms with E-state index in [1.165, 1.54) is 18.4 Å². The van der Waals surface area contributed by atoms with E-state index in [-0.39, 0.29) is 6.61 Å². The fraction of sp³-hybridized carbons (Fsp3) is 0.647. The van der Waals surface area contributed by atoms with Crippen LogP contribution in [0, 0.1) is 0 Å². The molecule has 2 N–H and O–H groups in total. The second-order valence-corrected chi connectivity index (χ2v) is 5.77. The van der Waals surface area contributed by atoms with Crippen molar-refractivity contribution in [1.29, 1.82) is 0 Å². The molecule has 0 aromatic heterocycles. The van der Waals surface area contributed by atoms with Crippen LogP contribution in [0.15, 0.2) is 24.3 Å². The Morgan fingerprint density at radius 2 is 2.00 bits per heavy atom. The maximum absolute atomic E-state index is 10.4. The Hall–Kier alpha value is -0.900. The van der Waals surface area contributed by atoms with Crippen LogP contribution in [0.2, 0.25) is 0 Å². The topological polar surface area (TPSA) is 43.7 Å². The van der Waals surface area contributed by atoms with Crippen molar-refractivity contribution < 1.29 is 10.2 Å². The molecule has 3 nitrogen and oxygen atoms in total. The smallest absolute Gasteiger partial charge is 0.0917 e. The first kappa shape index (κ1) is 15.5. The highest BCUT2D eigenvalue weighted by Crippen LogP contribution is 2.23. The predicted molar refractivity (Wildman–Crippen MR) is 81.7 cm³/mol. The predicted octanol–water partition coefficient (Wildman–Crippen LogP) is 2.52. The van der Waals surface area contributed by atoms with Crippen molar-refractivity contribution in [3.63, 3.8) is 0 Å². The van der Waals surface area contributed by atoms with Gasteiger partial charge in [-0.05, 0) is 43.4 Å². The lowest BCUT2D eigenvalue weighted by molar-refractivity contribution is 0.0565. The molecule has 0 amide bonds. The number of hydrogen-bond acceptors (Lipinski definition) is 3. The number of rotatable bonds is 6. The molecule has 1 aliphatic heterocycles. The first-order chi connectivity index (χ1) is 9.74. The van der Waals surface area contributed by atoms with Crippen LogP contribution in [-0.2, 0) is 6.42 Å². The van der Waals surface area contributed by atoms with Crippen molar-refractivity contribution in [2.45, 2.75) is 51.2 Å². The Balaban J connectivity index is 1.95. The van der Waals surface area contributed by atoms with E-state index in [4.69, 9.17) is 5.11 Å². The lowest BCUT2D eigenvalue weighted by Crippen LogP contribution is -2.42. The van der Waals surface area contributed by atoms with E-state index in [0.29, 0.717) is 12.6 Å². The van der Waals surface area contributed by atoms with Crippen LogP contribution in [0.4, 0.5) is 0 Å². The molecule has 1 heterocycles. The summed E-state index contributed by atoms with van der Waals surface area (Å²) in [6, 6.07) is 8.70. The summed E-state index contributed by atoms with van der Waals surface area (Å²) < 4.78 is 0. The van der Waals surface area contributed by atoms with Crippen molar-refractivity contribution in [1.82, 2.24) is 4.90 Å². The first-order valence-corrected chi connectivity index (χ1v) is 7.86. The zero-order valence-corrected chi connectivity index (χ0v) is 12.5. The highest BCUT2D eigenvalue weighted by molar-refractivity contribution is 5.24. The van der Waals surface area contributed by atoms with Gasteiger partial charge in [-0.1, -0.05) is 37.6 Å². The van der Waals surface area contributed by atoms with Crippen molar-refractivity contribution >= 4 is 0 Å². The lowest BCUT2D eigenvalue weighted by Gasteiger charge is -2.36. The number of hydrogen-bond donors (Lipinski definition) is 2. The Labute approximate surface area is 122 Å². The highest BCUT2D eigenvalue weighted by Gasteiger charge is 2.24. The Bertz CT molecular complexity index is 388. The molecule has 0 saturated carbocycles. The summed E-state index contributed by atoms with van der Waals surface area (Å²) >= 11 is 0. The summed E-state index contributed by atoms with van der Waals surface area (Å²) in [5.74, 6) is 0. The number of piperidine rings is 1. The normalized spacial score (nSPS) is 21.9. The quantitative estimate of drug-likeness (QED) is 0.840. The monoisotopic (exact) mass is 277 g/mol. The number of aliphatic hydroxyl groups excluding tert-OH is 2. The van der Waals surface area contributed by atoms with Crippen LogP contribution in [0.1, 0.15) is 49.8 Å². The summed E-state index contributed by atoms with van der Waals surface area (Å²) in [6.45, 7) is 4.09. The van der Waals surface area contributed by atoms with Gasteiger partial charge in [0.2, 0.25) is 0 Å². The lowest BCUT2D eigenvalue weighted by atomic mass is 9.98. The number of aryl methyl sites for hydroxylation is 1. The van der Waals surface area contributed by atoms with Crippen LogP contribution in [0.3, 0.4) is 0 Å². The molecule has 2 atom stereocenters. The summed E-state index contributed by atoms with van der Waals surface area (Å²) in [4.78, 5) is 2.35. The van der Waals surface area contributed by atoms with E-state index in [0.717, 1.165) is 31.4 Å². The van der Waals surface area contributed by atoms with Gasteiger partial charge in [0, 0.05) is 19.2 Å². The molecule has 2 unspecified atom stereocenters. The second-order valence-electron chi connectivity index (χ2n) is 5.77. The van der Waals surface area contributed by atoms with E-state index in [1.54, 1.807) is 0 Å². The van der Waals surface area contributed by atoms with Crippen molar-refractivity contribution in [2.24, 2.45) is 0 Å². The molecule has 1 fully saturated rings. The fourth-order valence-corrected chi connectivity index (χ4v) is 3.08. The standard InChI is InChI=1S/C17H27NO2/c1-2-14-6-8-15(9-7-14)17(20)13-18-11-4-3-5-16(18)10-12-19/h6-9,16-17,19-20H,2-5,10-13H2,1H3. The third-order valence-corrected chi connectivity index (χ3v) is 4.39. The summed E-state index contributed by atoms with van der Waals surface area (Å²) in [5.41, 5.74) is 2.30. The number of likely N-dealkylation sites (tertiary alicyclic amines) is 1. The molecule has 0 spiro atoms. The summed E-state index contributed by atoms with van der Waals surface area (Å²) in [5, 5.41) is 19.6. The number of nitrogens with zero attached hydrogens (tertiary/aromatic N) is 1. The largest absolute Gasteiger partial charge is 0.396 e. The average Bonchev–Trinajstić information content (AvgIpc) is 2.49. The average molecular weight is 277 g/mol. The zero-order chi connectivity index (χ0) is 14.4. The van der Waals surface area contributed by atoms with Crippen LogP contribution in [0.5, 0.6) is 0 Å². The molecule has 1 aromatic rings. The van der Waals surface area contributed by atoms with Gasteiger partial charge in [0.05, 0.1) is 6.10 Å². The third-order valence-electron chi connectivity index (χ3n) is 4.39. The Morgan fingerprint density at radius 3 is 2.65 bits per heavy atom. The molecule has 2 rings (SSSR count). The van der Waals surface area contributed by atoms with Gasteiger partial charge in [-0.3, -0.25) is 4.90 Å². The number of benzene rings is 1. The van der Waals surface area contributed by atoms with Crippen LogP contribution < -0.4 is 0 Å². The van der Waals surface area contributed by atoms with Crippen molar-refractivity contribution in [3.05, 3.63) is 35.4 Å². The van der Waals surface area contributed by atoms with Gasteiger partial charge in [0.15, 0.2) is 0 Å². The highest BCUT2D eigenvalue weighted by atomic mass is 16.3. The van der Waals surface area contributed by atoms with Gasteiger partial charge in [-0.2, -0.15) is 0 Å². The van der Waals surface area contributed by atoms with Gasteiger partial charge in [-0.25, -0.2) is 0 Å². The van der Waals surface area contributed by atoms with Gasteiger partial charge < -0.3 is 10.2 Å². The van der Waals surface area contributed by atoms with Crippen LogP contribution in [0.25, 0.3) is 0 Å². The molecule has 112 valence electrons. The molecule has 0 bridgehead atoms. The summed E-state index contributed by atoms with van der Waals surface area (Å²) in [6.07, 6.45) is 5.00. The molecule has 1 aromatic carbocycles. The van der Waals surface area contributed by atoms with E-state index in [1.807, 2.05) is 12.1 Å². The Morgan fingerprint density at radius 1 is 1.25 bits per heavy atom.